The Bertz CT molecular complexity index is 1500. The highest BCUT2D eigenvalue weighted by Crippen LogP contribution is 2.37. The lowest BCUT2D eigenvalue weighted by atomic mass is 9.89. The molecule has 190 valence electrons. The molecule has 0 fully saturated rings. The smallest absolute Gasteiger partial charge is 0.267 e. The van der Waals surface area contributed by atoms with Crippen molar-refractivity contribution in [2.24, 2.45) is 5.92 Å². The minimum absolute atomic E-state index is 0.0918. The van der Waals surface area contributed by atoms with E-state index >= 15 is 0 Å². The van der Waals surface area contributed by atoms with Crippen molar-refractivity contribution in [1.29, 1.82) is 0 Å². The van der Waals surface area contributed by atoms with Gasteiger partial charge in [-0.3, -0.25) is 14.2 Å². The number of para-hydroxylation sites is 1. The zero-order valence-electron chi connectivity index (χ0n) is 20.3. The number of carboxylic acid groups (broad SMARTS) is 1. The molecule has 2 heterocycles. The van der Waals surface area contributed by atoms with Gasteiger partial charge in [-0.15, -0.1) is 11.3 Å². The molecule has 2 aromatic carbocycles. The van der Waals surface area contributed by atoms with Gasteiger partial charge in [0.15, 0.2) is 5.16 Å². The predicted molar refractivity (Wildman–Crippen MR) is 144 cm³/mol. The van der Waals surface area contributed by atoms with Crippen LogP contribution in [0.15, 0.2) is 70.6 Å². The van der Waals surface area contributed by atoms with E-state index < -0.39 is 17.9 Å². The van der Waals surface area contributed by atoms with Crippen LogP contribution >= 0.6 is 23.1 Å². The Labute approximate surface area is 222 Å². The average molecular weight is 533 g/mol. The van der Waals surface area contributed by atoms with Crippen molar-refractivity contribution >= 4 is 45.2 Å². The highest BCUT2D eigenvalue weighted by molar-refractivity contribution is 7.99. The molecule has 0 saturated carbocycles. The highest BCUT2D eigenvalue weighted by Gasteiger charge is 2.25. The van der Waals surface area contributed by atoms with Crippen LogP contribution in [0.1, 0.15) is 29.3 Å². The standard InChI is InChI=1S/C28H27N3O4S2/c1-17-12-13-20-22(14-17)37-25-24(20)26(33)31(19-10-6-3-7-11-19)28(30-25)36-16-23(32)29-21(27(34)35)15-18-8-4-2-5-9-18/h2-11,17,21H,12-16H2,1H3,(H,29,32)(H,34,35)/p-1/t17-,21-/m0/s1. The number of benzene rings is 2. The van der Waals surface area contributed by atoms with Gasteiger partial charge in [-0.25, -0.2) is 4.98 Å². The third kappa shape index (κ3) is 5.47. The number of thioether (sulfide) groups is 1. The molecule has 0 unspecified atom stereocenters. The Balaban J connectivity index is 1.43. The molecule has 1 N–H and O–H groups in total. The summed E-state index contributed by atoms with van der Waals surface area (Å²) in [6.45, 7) is 2.22. The number of aryl methyl sites for hydroxylation is 1. The summed E-state index contributed by atoms with van der Waals surface area (Å²) in [5.41, 5.74) is 2.42. The number of nitrogens with one attached hydrogen (secondary N) is 1. The van der Waals surface area contributed by atoms with Crippen LogP contribution in [0.25, 0.3) is 15.9 Å². The van der Waals surface area contributed by atoms with Gasteiger partial charge in [-0.1, -0.05) is 67.2 Å². The SMILES string of the molecule is C[C@H]1CCc2c(sc3nc(SCC(=O)N[C@@H](Cc4ccccc4)C(=O)[O-])n(-c4ccccc4)c(=O)c23)C1. The average Bonchev–Trinajstić information content (AvgIpc) is 3.25. The summed E-state index contributed by atoms with van der Waals surface area (Å²) >= 11 is 2.68. The van der Waals surface area contributed by atoms with E-state index in [0.717, 1.165) is 42.2 Å². The number of fused-ring (bicyclic) bond motifs is 3. The second-order valence-corrected chi connectivity index (χ2v) is 11.3. The summed E-state index contributed by atoms with van der Waals surface area (Å²) < 4.78 is 1.56. The molecular formula is C28H26N3O4S2-. The maximum atomic E-state index is 13.8. The molecule has 1 aliphatic carbocycles. The summed E-state index contributed by atoms with van der Waals surface area (Å²) in [4.78, 5) is 45.0. The molecule has 1 amide bonds. The van der Waals surface area contributed by atoms with E-state index in [1.165, 1.54) is 4.88 Å². The summed E-state index contributed by atoms with van der Waals surface area (Å²) in [5, 5.41) is 15.3. The normalized spacial score (nSPS) is 15.8. The molecule has 0 radical (unpaired) electrons. The Morgan fingerprint density at radius 1 is 1.16 bits per heavy atom. The van der Waals surface area contributed by atoms with Crippen LogP contribution in [-0.4, -0.2) is 33.2 Å². The van der Waals surface area contributed by atoms with Crippen LogP contribution in [0, 0.1) is 5.92 Å². The molecule has 0 spiro atoms. The van der Waals surface area contributed by atoms with Crippen LogP contribution in [0.3, 0.4) is 0 Å². The first-order chi connectivity index (χ1) is 17.9. The van der Waals surface area contributed by atoms with Gasteiger partial charge in [-0.05, 0) is 54.9 Å². The Morgan fingerprint density at radius 3 is 2.57 bits per heavy atom. The lowest BCUT2D eigenvalue weighted by Crippen LogP contribution is -2.49. The number of carboxylic acids is 1. The van der Waals surface area contributed by atoms with E-state index in [9.17, 15) is 19.5 Å². The summed E-state index contributed by atoms with van der Waals surface area (Å²) in [5.74, 6) is -1.34. The van der Waals surface area contributed by atoms with Crippen LogP contribution in [0.4, 0.5) is 0 Å². The number of carbonyl (C=O) groups excluding carboxylic acids is 2. The van der Waals surface area contributed by atoms with Crippen LogP contribution < -0.4 is 16.0 Å². The van der Waals surface area contributed by atoms with Gasteiger partial charge in [0, 0.05) is 4.88 Å². The second kappa shape index (κ2) is 10.9. The number of rotatable bonds is 8. The number of carbonyl (C=O) groups is 2. The van der Waals surface area contributed by atoms with Gasteiger partial charge in [-0.2, -0.15) is 0 Å². The molecule has 2 aromatic heterocycles. The Morgan fingerprint density at radius 2 is 1.86 bits per heavy atom. The lowest BCUT2D eigenvalue weighted by Gasteiger charge is -2.20. The van der Waals surface area contributed by atoms with Gasteiger partial charge in [0.2, 0.25) is 5.91 Å². The van der Waals surface area contributed by atoms with Crippen molar-refractivity contribution in [2.45, 2.75) is 43.8 Å². The fourth-order valence-corrected chi connectivity index (χ4v) is 6.93. The van der Waals surface area contributed by atoms with E-state index in [-0.39, 0.29) is 17.7 Å². The fourth-order valence-electron chi connectivity index (χ4n) is 4.68. The summed E-state index contributed by atoms with van der Waals surface area (Å²) in [6.07, 6.45) is 2.97. The number of hydrogen-bond donors (Lipinski definition) is 1. The van der Waals surface area contributed by atoms with Crippen LogP contribution in [0.5, 0.6) is 0 Å². The molecule has 5 rings (SSSR count). The molecular weight excluding hydrogens is 506 g/mol. The van der Waals surface area contributed by atoms with Crippen molar-refractivity contribution < 1.29 is 14.7 Å². The van der Waals surface area contributed by atoms with Crippen molar-refractivity contribution in [3.8, 4) is 5.69 Å². The Kier molecular flexibility index (Phi) is 7.43. The monoisotopic (exact) mass is 532 g/mol. The van der Waals surface area contributed by atoms with Crippen molar-refractivity contribution in [2.75, 3.05) is 5.75 Å². The van der Waals surface area contributed by atoms with Crippen molar-refractivity contribution in [3.05, 3.63) is 87.0 Å². The van der Waals surface area contributed by atoms with Crippen LogP contribution in [-0.2, 0) is 28.9 Å². The minimum atomic E-state index is -1.35. The quantitative estimate of drug-likeness (QED) is 0.276. The first-order valence-corrected chi connectivity index (χ1v) is 14.0. The number of aromatic nitrogens is 2. The molecule has 9 heteroatoms. The molecule has 7 nitrogen and oxygen atoms in total. The molecule has 4 aromatic rings. The van der Waals surface area contributed by atoms with E-state index in [4.69, 9.17) is 4.98 Å². The van der Waals surface area contributed by atoms with Gasteiger partial charge in [0.25, 0.3) is 5.56 Å². The van der Waals surface area contributed by atoms with Crippen LogP contribution in [0.2, 0.25) is 0 Å². The molecule has 0 bridgehead atoms. The van der Waals surface area contributed by atoms with E-state index in [1.807, 2.05) is 48.5 Å². The number of hydrogen-bond acceptors (Lipinski definition) is 7. The predicted octanol–water partition coefficient (Wildman–Crippen LogP) is 3.14. The maximum absolute atomic E-state index is 13.8. The molecule has 37 heavy (non-hydrogen) atoms. The van der Waals surface area contributed by atoms with E-state index in [0.29, 0.717) is 27.0 Å². The fraction of sp³-hybridized carbons (Fsp3) is 0.286. The van der Waals surface area contributed by atoms with Gasteiger partial charge >= 0.3 is 0 Å². The lowest BCUT2D eigenvalue weighted by molar-refractivity contribution is -0.308. The van der Waals surface area contributed by atoms with Gasteiger partial charge in [0.05, 0.1) is 28.8 Å². The zero-order valence-corrected chi connectivity index (χ0v) is 21.9. The third-order valence-corrected chi connectivity index (χ3v) is 8.63. The highest BCUT2D eigenvalue weighted by atomic mass is 32.2. The topological polar surface area (TPSA) is 104 Å². The summed E-state index contributed by atoms with van der Waals surface area (Å²) in [7, 11) is 0. The van der Waals surface area contributed by atoms with Crippen molar-refractivity contribution in [3.63, 3.8) is 0 Å². The molecule has 0 saturated heterocycles. The zero-order chi connectivity index (χ0) is 25.9. The van der Waals surface area contributed by atoms with Gasteiger partial charge in [0.1, 0.15) is 4.83 Å². The van der Waals surface area contributed by atoms with E-state index in [2.05, 4.69) is 12.2 Å². The van der Waals surface area contributed by atoms with Gasteiger partial charge < -0.3 is 15.2 Å². The third-order valence-electron chi connectivity index (χ3n) is 6.55. The number of aliphatic carboxylic acids is 1. The number of thiophene rings is 1. The van der Waals surface area contributed by atoms with Crippen molar-refractivity contribution in [1.82, 2.24) is 14.9 Å². The molecule has 1 aliphatic rings. The molecule has 0 aliphatic heterocycles. The minimum Gasteiger partial charge on any atom is -0.548 e. The number of nitrogens with zero attached hydrogens (tertiary/aromatic N) is 2. The first kappa shape index (κ1) is 25.2. The summed E-state index contributed by atoms with van der Waals surface area (Å²) in [6, 6.07) is 17.2. The van der Waals surface area contributed by atoms with E-state index in [1.54, 1.807) is 28.0 Å². The second-order valence-electron chi connectivity index (χ2n) is 9.32. The Hall–Kier alpha value is -3.43. The number of amides is 1. The first-order valence-electron chi connectivity index (χ1n) is 12.2. The molecule has 2 atom stereocenters. The maximum Gasteiger partial charge on any atom is 0.267 e. The largest absolute Gasteiger partial charge is 0.548 e.